The van der Waals surface area contributed by atoms with E-state index in [1.165, 1.54) is 69.2 Å². The standard InChI is InChI=1S/C54H33N3OS/c1-54(2)43-16-8-5-14-38(43)49-44(54)29-42(48-39-15-6-9-17-45(39)58-50(48)49)53-56-51(55-52(57-53)33-23-26-47-41(28-33)37-13-7-10-18-46(37)59-47)32-20-19-31-22-24-35-34-12-4-3-11-30(34)21-25-36(35)40(31)27-32/h3-29H,1-2H3. The molecule has 0 amide bonds. The van der Waals surface area contributed by atoms with Crippen molar-refractivity contribution in [2.75, 3.05) is 0 Å². The molecule has 276 valence electrons. The quantitative estimate of drug-likeness (QED) is 0.168. The minimum absolute atomic E-state index is 0.263. The normalized spacial score (nSPS) is 13.4. The van der Waals surface area contributed by atoms with Gasteiger partial charge in [0.2, 0.25) is 0 Å². The van der Waals surface area contributed by atoms with Crippen molar-refractivity contribution in [3.05, 3.63) is 175 Å². The molecule has 13 rings (SSSR count). The molecule has 0 N–H and O–H groups in total. The molecule has 4 nitrogen and oxygen atoms in total. The third kappa shape index (κ3) is 4.68. The molecule has 9 aromatic carbocycles. The number of aromatic nitrogens is 3. The first-order chi connectivity index (χ1) is 29.0. The minimum Gasteiger partial charge on any atom is -0.455 e. The Balaban J connectivity index is 1.11. The first-order valence-electron chi connectivity index (χ1n) is 20.1. The fraction of sp³-hybridized carbons (Fsp3) is 0.0556. The first-order valence-corrected chi connectivity index (χ1v) is 20.9. The predicted molar refractivity (Wildman–Crippen MR) is 246 cm³/mol. The van der Waals surface area contributed by atoms with Crippen LogP contribution in [0.25, 0.3) is 120 Å². The summed E-state index contributed by atoms with van der Waals surface area (Å²) in [6.07, 6.45) is 0. The summed E-state index contributed by atoms with van der Waals surface area (Å²) in [4.78, 5) is 16.2. The molecule has 0 bridgehead atoms. The van der Waals surface area contributed by atoms with E-state index in [-0.39, 0.29) is 5.41 Å². The smallest absolute Gasteiger partial charge is 0.164 e. The number of rotatable bonds is 3. The van der Waals surface area contributed by atoms with E-state index in [4.69, 9.17) is 19.4 Å². The molecule has 0 aliphatic heterocycles. The number of hydrogen-bond donors (Lipinski definition) is 0. The number of furan rings is 1. The van der Waals surface area contributed by atoms with Gasteiger partial charge in [-0.05, 0) is 91.5 Å². The highest BCUT2D eigenvalue weighted by Crippen LogP contribution is 2.54. The second-order valence-electron chi connectivity index (χ2n) is 16.3. The third-order valence-corrected chi connectivity index (χ3v) is 13.9. The van der Waals surface area contributed by atoms with Crippen LogP contribution in [-0.2, 0) is 5.41 Å². The van der Waals surface area contributed by atoms with E-state index in [0.29, 0.717) is 17.5 Å². The fourth-order valence-electron chi connectivity index (χ4n) is 9.80. The molecular weight excluding hydrogens is 739 g/mol. The van der Waals surface area contributed by atoms with Gasteiger partial charge in [-0.1, -0.05) is 135 Å². The summed E-state index contributed by atoms with van der Waals surface area (Å²) in [5.74, 6) is 1.88. The Labute approximate surface area is 343 Å². The molecule has 0 atom stereocenters. The van der Waals surface area contributed by atoms with Crippen LogP contribution in [-0.4, -0.2) is 15.0 Å². The van der Waals surface area contributed by atoms with Crippen molar-refractivity contribution in [1.82, 2.24) is 15.0 Å². The average Bonchev–Trinajstić information content (AvgIpc) is 3.93. The first kappa shape index (κ1) is 32.8. The van der Waals surface area contributed by atoms with Crippen molar-refractivity contribution in [2.24, 2.45) is 0 Å². The van der Waals surface area contributed by atoms with Crippen molar-refractivity contribution >= 4 is 85.8 Å². The number of thiophene rings is 1. The summed E-state index contributed by atoms with van der Waals surface area (Å²) in [7, 11) is 0. The van der Waals surface area contributed by atoms with Crippen LogP contribution in [0.5, 0.6) is 0 Å². The summed E-state index contributed by atoms with van der Waals surface area (Å²) in [5, 5.41) is 11.8. The monoisotopic (exact) mass is 771 g/mol. The van der Waals surface area contributed by atoms with Crippen molar-refractivity contribution < 1.29 is 4.42 Å². The van der Waals surface area contributed by atoms with Gasteiger partial charge in [-0.15, -0.1) is 11.3 Å². The van der Waals surface area contributed by atoms with Crippen LogP contribution < -0.4 is 0 Å². The van der Waals surface area contributed by atoms with Gasteiger partial charge in [0.05, 0.1) is 0 Å². The highest BCUT2D eigenvalue weighted by molar-refractivity contribution is 7.25. The predicted octanol–water partition coefficient (Wildman–Crippen LogP) is 14.9. The third-order valence-electron chi connectivity index (χ3n) is 12.7. The van der Waals surface area contributed by atoms with Crippen LogP contribution in [0.2, 0.25) is 0 Å². The number of hydrogen-bond acceptors (Lipinski definition) is 5. The Morgan fingerprint density at radius 1 is 0.441 bits per heavy atom. The Morgan fingerprint density at radius 2 is 1.05 bits per heavy atom. The van der Waals surface area contributed by atoms with Crippen LogP contribution in [0.1, 0.15) is 25.0 Å². The second kappa shape index (κ2) is 11.9. The molecule has 12 aromatic rings. The molecule has 0 fully saturated rings. The summed E-state index contributed by atoms with van der Waals surface area (Å²) in [5.41, 5.74) is 9.14. The van der Waals surface area contributed by atoms with E-state index in [0.717, 1.165) is 44.2 Å². The summed E-state index contributed by atoms with van der Waals surface area (Å²) in [6, 6.07) is 58.8. The van der Waals surface area contributed by atoms with Crippen molar-refractivity contribution in [3.8, 4) is 45.3 Å². The van der Waals surface area contributed by atoms with Crippen LogP contribution in [0.3, 0.4) is 0 Å². The molecule has 5 heteroatoms. The lowest BCUT2D eigenvalue weighted by Gasteiger charge is -2.22. The Kier molecular flexibility index (Phi) is 6.63. The molecule has 0 unspecified atom stereocenters. The molecule has 0 spiro atoms. The number of benzene rings is 9. The van der Waals surface area contributed by atoms with E-state index in [9.17, 15) is 0 Å². The lowest BCUT2D eigenvalue weighted by Crippen LogP contribution is -2.15. The molecular formula is C54H33N3OS. The summed E-state index contributed by atoms with van der Waals surface area (Å²) in [6.45, 7) is 4.62. The van der Waals surface area contributed by atoms with Crippen molar-refractivity contribution in [3.63, 3.8) is 0 Å². The zero-order chi connectivity index (χ0) is 39.0. The lowest BCUT2D eigenvalue weighted by atomic mass is 9.81. The van der Waals surface area contributed by atoms with Crippen LogP contribution >= 0.6 is 11.3 Å². The molecule has 3 aromatic heterocycles. The largest absolute Gasteiger partial charge is 0.455 e. The van der Waals surface area contributed by atoms with Gasteiger partial charge in [0.25, 0.3) is 0 Å². The average molecular weight is 772 g/mol. The molecule has 0 saturated carbocycles. The van der Waals surface area contributed by atoms with E-state index >= 15 is 0 Å². The molecule has 1 aliphatic rings. The molecule has 59 heavy (non-hydrogen) atoms. The Bertz CT molecular complexity index is 3780. The van der Waals surface area contributed by atoms with Gasteiger partial charge in [-0.2, -0.15) is 0 Å². The topological polar surface area (TPSA) is 51.8 Å². The van der Waals surface area contributed by atoms with Crippen LogP contribution in [0.15, 0.2) is 168 Å². The highest BCUT2D eigenvalue weighted by atomic mass is 32.1. The van der Waals surface area contributed by atoms with Crippen LogP contribution in [0, 0.1) is 0 Å². The summed E-state index contributed by atoms with van der Waals surface area (Å²) >= 11 is 1.81. The van der Waals surface area contributed by atoms with Gasteiger partial charge in [0.15, 0.2) is 17.5 Å². The van der Waals surface area contributed by atoms with Gasteiger partial charge >= 0.3 is 0 Å². The Morgan fingerprint density at radius 3 is 1.90 bits per heavy atom. The SMILES string of the molecule is CC1(C)c2ccccc2-c2c1cc(-c1nc(-c3ccc4ccc5c6ccccc6ccc5c4c3)nc(-c3ccc4sc5ccccc5c4c3)n1)c1c2oc2ccccc21. The lowest BCUT2D eigenvalue weighted by molar-refractivity contribution is 0.653. The molecule has 0 radical (unpaired) electrons. The number of para-hydroxylation sites is 1. The van der Waals surface area contributed by atoms with Crippen molar-refractivity contribution in [2.45, 2.75) is 19.3 Å². The number of fused-ring (bicyclic) bond motifs is 15. The van der Waals surface area contributed by atoms with E-state index in [2.05, 4.69) is 172 Å². The van der Waals surface area contributed by atoms with Gasteiger partial charge in [0, 0.05) is 58.6 Å². The van der Waals surface area contributed by atoms with Gasteiger partial charge in [-0.3, -0.25) is 0 Å². The Hall–Kier alpha value is -7.21. The van der Waals surface area contributed by atoms with E-state index in [1.807, 2.05) is 17.4 Å². The van der Waals surface area contributed by atoms with Crippen molar-refractivity contribution in [1.29, 1.82) is 0 Å². The van der Waals surface area contributed by atoms with E-state index in [1.54, 1.807) is 0 Å². The zero-order valence-corrected chi connectivity index (χ0v) is 33.1. The summed E-state index contributed by atoms with van der Waals surface area (Å²) < 4.78 is 9.38. The molecule has 0 saturated heterocycles. The highest BCUT2D eigenvalue weighted by Gasteiger charge is 2.39. The molecule has 3 heterocycles. The fourth-order valence-corrected chi connectivity index (χ4v) is 10.9. The van der Waals surface area contributed by atoms with Crippen LogP contribution in [0.4, 0.5) is 0 Å². The second-order valence-corrected chi connectivity index (χ2v) is 17.4. The number of nitrogens with zero attached hydrogens (tertiary/aromatic N) is 3. The van der Waals surface area contributed by atoms with Gasteiger partial charge in [-0.25, -0.2) is 15.0 Å². The molecule has 1 aliphatic carbocycles. The zero-order valence-electron chi connectivity index (χ0n) is 32.2. The maximum absolute atomic E-state index is 6.87. The maximum atomic E-state index is 6.87. The van der Waals surface area contributed by atoms with Gasteiger partial charge < -0.3 is 4.42 Å². The van der Waals surface area contributed by atoms with Gasteiger partial charge in [0.1, 0.15) is 11.2 Å². The van der Waals surface area contributed by atoms with E-state index < -0.39 is 0 Å². The maximum Gasteiger partial charge on any atom is 0.164 e. The minimum atomic E-state index is -0.263.